The Morgan fingerprint density at radius 2 is 2.29 bits per heavy atom. The molecular weight excluding hydrogens is 178 g/mol. The quantitative estimate of drug-likeness (QED) is 0.532. The molecule has 2 aromatic heterocycles. The second kappa shape index (κ2) is 3.29. The maximum atomic E-state index is 7.36. The number of hydrogen-bond acceptors (Lipinski definition) is 3. The van der Waals surface area contributed by atoms with Crippen molar-refractivity contribution >= 4 is 5.84 Å². The molecule has 3 N–H and O–H groups in total. The average Bonchev–Trinajstić information content (AvgIpc) is 2.70. The van der Waals surface area contributed by atoms with Gasteiger partial charge in [-0.3, -0.25) is 10.4 Å². The molecule has 0 aliphatic carbocycles. The summed E-state index contributed by atoms with van der Waals surface area (Å²) in [7, 11) is 0. The third-order valence-corrected chi connectivity index (χ3v) is 1.82. The van der Waals surface area contributed by atoms with Gasteiger partial charge in [0.2, 0.25) is 0 Å². The first-order chi connectivity index (χ1) is 6.79. The Morgan fingerprint density at radius 1 is 1.43 bits per heavy atom. The third kappa shape index (κ3) is 1.35. The van der Waals surface area contributed by atoms with E-state index in [1.807, 2.05) is 6.07 Å². The number of hydrogen-bond donors (Lipinski definition) is 2. The van der Waals surface area contributed by atoms with Crippen LogP contribution in [-0.4, -0.2) is 20.4 Å². The fraction of sp³-hybridized carbons (Fsp3) is 0. The highest BCUT2D eigenvalue weighted by Gasteiger charge is 2.06. The van der Waals surface area contributed by atoms with Crippen LogP contribution in [0.3, 0.4) is 0 Å². The molecule has 14 heavy (non-hydrogen) atoms. The molecule has 5 heteroatoms. The van der Waals surface area contributed by atoms with Crippen LogP contribution in [-0.2, 0) is 0 Å². The van der Waals surface area contributed by atoms with Gasteiger partial charge in [0.25, 0.3) is 0 Å². The van der Waals surface area contributed by atoms with Crippen molar-refractivity contribution in [3.05, 3.63) is 42.7 Å². The molecule has 0 unspecified atom stereocenters. The molecular formula is C9H9N5. The average molecular weight is 187 g/mol. The maximum Gasteiger partial charge on any atom is 0.143 e. The zero-order valence-corrected chi connectivity index (χ0v) is 7.38. The highest BCUT2D eigenvalue weighted by Crippen LogP contribution is 2.10. The number of pyridine rings is 1. The zero-order chi connectivity index (χ0) is 9.97. The van der Waals surface area contributed by atoms with Gasteiger partial charge >= 0.3 is 0 Å². The van der Waals surface area contributed by atoms with E-state index in [0.29, 0.717) is 5.69 Å². The summed E-state index contributed by atoms with van der Waals surface area (Å²) in [5.41, 5.74) is 6.63. The summed E-state index contributed by atoms with van der Waals surface area (Å²) >= 11 is 0. The van der Waals surface area contributed by atoms with Gasteiger partial charge in [-0.2, -0.15) is 0 Å². The molecule has 2 heterocycles. The number of nitrogen functional groups attached to an aromatic ring is 1. The fourth-order valence-electron chi connectivity index (χ4n) is 1.21. The Hall–Kier alpha value is -2.17. The Balaban J connectivity index is 2.58. The van der Waals surface area contributed by atoms with E-state index in [1.54, 1.807) is 35.6 Å². The Bertz CT molecular complexity index is 446. The van der Waals surface area contributed by atoms with Crippen LogP contribution in [0.2, 0.25) is 0 Å². The molecule has 2 rings (SSSR count). The van der Waals surface area contributed by atoms with E-state index >= 15 is 0 Å². The Kier molecular flexibility index (Phi) is 1.98. The smallest absolute Gasteiger partial charge is 0.143 e. The van der Waals surface area contributed by atoms with Gasteiger partial charge in [-0.15, -0.1) is 0 Å². The SMILES string of the molecule is N=C(N)c1ncccc1-n1ccnc1. The van der Waals surface area contributed by atoms with Gasteiger partial charge in [-0.25, -0.2) is 4.98 Å². The van der Waals surface area contributed by atoms with Crippen molar-refractivity contribution in [2.24, 2.45) is 5.73 Å². The fourth-order valence-corrected chi connectivity index (χ4v) is 1.21. The Labute approximate surface area is 80.7 Å². The van der Waals surface area contributed by atoms with Gasteiger partial charge in [-0.05, 0) is 12.1 Å². The number of nitrogens with one attached hydrogen (secondary N) is 1. The predicted octanol–water partition coefficient (Wildman–Crippen LogP) is 0.551. The maximum absolute atomic E-state index is 7.36. The largest absolute Gasteiger partial charge is 0.382 e. The standard InChI is InChI=1S/C9H9N5/c10-9(11)8-7(2-1-3-13-8)14-5-4-12-6-14/h1-6H,(H3,10,11). The van der Waals surface area contributed by atoms with Crippen molar-refractivity contribution in [3.8, 4) is 5.69 Å². The van der Waals surface area contributed by atoms with E-state index in [9.17, 15) is 0 Å². The Morgan fingerprint density at radius 3 is 2.93 bits per heavy atom. The molecule has 5 nitrogen and oxygen atoms in total. The lowest BCUT2D eigenvalue weighted by molar-refractivity contribution is 1.03. The van der Waals surface area contributed by atoms with E-state index in [-0.39, 0.29) is 5.84 Å². The minimum absolute atomic E-state index is 0.0469. The minimum atomic E-state index is -0.0469. The molecule has 0 bridgehead atoms. The van der Waals surface area contributed by atoms with Gasteiger partial charge in [0, 0.05) is 18.6 Å². The topological polar surface area (TPSA) is 80.6 Å². The molecule has 2 aromatic rings. The molecule has 0 saturated carbocycles. The first-order valence-corrected chi connectivity index (χ1v) is 4.07. The van der Waals surface area contributed by atoms with Crippen LogP contribution in [0.25, 0.3) is 5.69 Å². The highest BCUT2D eigenvalue weighted by atomic mass is 15.0. The summed E-state index contributed by atoms with van der Waals surface area (Å²) in [6, 6.07) is 3.63. The summed E-state index contributed by atoms with van der Waals surface area (Å²) in [5.74, 6) is -0.0469. The summed E-state index contributed by atoms with van der Waals surface area (Å²) in [6.07, 6.45) is 6.70. The van der Waals surface area contributed by atoms with E-state index in [2.05, 4.69) is 9.97 Å². The first kappa shape index (κ1) is 8.43. The van der Waals surface area contributed by atoms with Crippen LogP contribution in [0.1, 0.15) is 5.69 Å². The van der Waals surface area contributed by atoms with Gasteiger partial charge in [0.15, 0.2) is 0 Å². The second-order valence-corrected chi connectivity index (χ2v) is 2.75. The number of imidazole rings is 1. The second-order valence-electron chi connectivity index (χ2n) is 2.75. The highest BCUT2D eigenvalue weighted by molar-refractivity contribution is 5.96. The summed E-state index contributed by atoms with van der Waals surface area (Å²) in [4.78, 5) is 7.96. The monoisotopic (exact) mass is 187 g/mol. The van der Waals surface area contributed by atoms with E-state index in [4.69, 9.17) is 11.1 Å². The predicted molar refractivity (Wildman–Crippen MR) is 52.4 cm³/mol. The molecule has 0 aliphatic heterocycles. The van der Waals surface area contributed by atoms with Gasteiger partial charge < -0.3 is 10.3 Å². The lowest BCUT2D eigenvalue weighted by atomic mass is 10.3. The summed E-state index contributed by atoms with van der Waals surface area (Å²) in [5, 5.41) is 7.36. The van der Waals surface area contributed by atoms with E-state index < -0.39 is 0 Å². The van der Waals surface area contributed by atoms with Crippen molar-refractivity contribution in [2.45, 2.75) is 0 Å². The molecule has 0 aromatic carbocycles. The lowest BCUT2D eigenvalue weighted by Gasteiger charge is -2.06. The van der Waals surface area contributed by atoms with Crippen molar-refractivity contribution in [1.29, 1.82) is 5.41 Å². The van der Waals surface area contributed by atoms with Crippen molar-refractivity contribution in [1.82, 2.24) is 14.5 Å². The number of aromatic nitrogens is 3. The van der Waals surface area contributed by atoms with Crippen molar-refractivity contribution in [3.63, 3.8) is 0 Å². The van der Waals surface area contributed by atoms with Crippen LogP contribution < -0.4 is 5.73 Å². The van der Waals surface area contributed by atoms with Crippen LogP contribution in [0.5, 0.6) is 0 Å². The van der Waals surface area contributed by atoms with Crippen LogP contribution in [0.4, 0.5) is 0 Å². The van der Waals surface area contributed by atoms with Crippen LogP contribution in [0.15, 0.2) is 37.1 Å². The van der Waals surface area contributed by atoms with Gasteiger partial charge in [0.1, 0.15) is 11.5 Å². The minimum Gasteiger partial charge on any atom is -0.382 e. The number of rotatable bonds is 2. The van der Waals surface area contributed by atoms with Gasteiger partial charge in [-0.1, -0.05) is 0 Å². The van der Waals surface area contributed by atoms with Crippen molar-refractivity contribution in [2.75, 3.05) is 0 Å². The third-order valence-electron chi connectivity index (χ3n) is 1.82. The van der Waals surface area contributed by atoms with Gasteiger partial charge in [0.05, 0.1) is 12.0 Å². The molecule has 0 aliphatic rings. The molecule has 70 valence electrons. The van der Waals surface area contributed by atoms with E-state index in [0.717, 1.165) is 5.69 Å². The van der Waals surface area contributed by atoms with Crippen LogP contribution in [0, 0.1) is 5.41 Å². The molecule has 0 amide bonds. The molecule has 0 atom stereocenters. The summed E-state index contributed by atoms with van der Waals surface area (Å²) in [6.45, 7) is 0. The number of nitrogens with zero attached hydrogens (tertiary/aromatic N) is 3. The molecule has 0 fully saturated rings. The molecule has 0 spiro atoms. The lowest BCUT2D eigenvalue weighted by Crippen LogP contribution is -2.16. The normalized spacial score (nSPS) is 10.0. The van der Waals surface area contributed by atoms with Crippen LogP contribution >= 0.6 is 0 Å². The first-order valence-electron chi connectivity index (χ1n) is 4.07. The van der Waals surface area contributed by atoms with Crippen molar-refractivity contribution < 1.29 is 0 Å². The molecule has 0 saturated heterocycles. The molecule has 0 radical (unpaired) electrons. The summed E-state index contributed by atoms with van der Waals surface area (Å²) < 4.78 is 1.77. The zero-order valence-electron chi connectivity index (χ0n) is 7.38. The number of amidine groups is 1. The van der Waals surface area contributed by atoms with E-state index in [1.165, 1.54) is 0 Å². The number of nitrogens with two attached hydrogens (primary N) is 1.